The average molecular weight is 335 g/mol. The van der Waals surface area contributed by atoms with E-state index in [0.29, 0.717) is 5.69 Å². The largest absolute Gasteiger partial charge is 0.444 e. The molecular formula is C15H17N3O4S. The lowest BCUT2D eigenvalue weighted by Gasteiger charge is -2.05. The van der Waals surface area contributed by atoms with E-state index in [1.54, 1.807) is 0 Å². The molecule has 0 radical (unpaired) electrons. The number of ether oxygens (including phenoxy) is 2. The van der Waals surface area contributed by atoms with E-state index in [9.17, 15) is 9.59 Å². The maximum absolute atomic E-state index is 11.2. The topological polar surface area (TPSA) is 89.6 Å². The molecule has 0 spiro atoms. The molecule has 2 aromatic rings. The number of aromatic nitrogens is 1. The third-order valence-corrected chi connectivity index (χ3v) is 4.00. The zero-order chi connectivity index (χ0) is 16.7. The molecule has 0 aliphatic carbocycles. The summed E-state index contributed by atoms with van der Waals surface area (Å²) in [5.41, 5.74) is 1.52. The van der Waals surface area contributed by atoms with Gasteiger partial charge in [0.1, 0.15) is 18.2 Å². The minimum absolute atomic E-state index is 0.00937. The molecule has 0 aliphatic rings. The second kappa shape index (κ2) is 8.14. The Balaban J connectivity index is 2.20. The average Bonchev–Trinajstić information content (AvgIpc) is 3.01. The lowest BCUT2D eigenvalue weighted by atomic mass is 10.2. The summed E-state index contributed by atoms with van der Waals surface area (Å²) in [6, 6.07) is 9.62. The number of amides is 2. The second-order valence-electron chi connectivity index (χ2n) is 4.41. The highest BCUT2D eigenvalue weighted by molar-refractivity contribution is 7.15. The van der Waals surface area contributed by atoms with Gasteiger partial charge in [-0.2, -0.15) is 0 Å². The fourth-order valence-corrected chi connectivity index (χ4v) is 2.71. The first-order valence-electron chi connectivity index (χ1n) is 6.87. The first-order chi connectivity index (χ1) is 11.1. The van der Waals surface area contributed by atoms with Crippen molar-refractivity contribution in [1.82, 2.24) is 15.6 Å². The Kier molecular flexibility index (Phi) is 5.93. The maximum atomic E-state index is 11.2. The predicted octanol–water partition coefficient (Wildman–Crippen LogP) is 2.52. The zero-order valence-corrected chi connectivity index (χ0v) is 13.6. The molecule has 0 unspecified atom stereocenters. The maximum Gasteiger partial charge on any atom is 0.407 e. The molecule has 0 saturated carbocycles. The van der Waals surface area contributed by atoms with E-state index in [1.807, 2.05) is 30.3 Å². The normalized spacial score (nSPS) is 10.0. The van der Waals surface area contributed by atoms with Crippen molar-refractivity contribution in [1.29, 1.82) is 0 Å². The fraction of sp³-hybridized carbons (Fsp3) is 0.267. The summed E-state index contributed by atoms with van der Waals surface area (Å²) in [6.45, 7) is 0.0755. The van der Waals surface area contributed by atoms with Gasteiger partial charge in [-0.15, -0.1) is 11.3 Å². The molecule has 1 heterocycles. The third kappa shape index (κ3) is 4.68. The number of thiazole rings is 1. The Bertz CT molecular complexity index is 635. The first-order valence-corrected chi connectivity index (χ1v) is 7.68. The van der Waals surface area contributed by atoms with Crippen molar-refractivity contribution in [2.24, 2.45) is 0 Å². The molecule has 7 nitrogen and oxygen atoms in total. The third-order valence-electron chi connectivity index (χ3n) is 2.88. The van der Waals surface area contributed by atoms with Crippen LogP contribution in [0.5, 0.6) is 0 Å². The van der Waals surface area contributed by atoms with Crippen molar-refractivity contribution in [3.63, 3.8) is 0 Å². The van der Waals surface area contributed by atoms with Gasteiger partial charge < -0.3 is 20.1 Å². The Labute approximate surface area is 137 Å². The molecule has 122 valence electrons. The zero-order valence-electron chi connectivity index (χ0n) is 12.8. The van der Waals surface area contributed by atoms with Crippen LogP contribution in [-0.2, 0) is 22.7 Å². The van der Waals surface area contributed by atoms with Crippen molar-refractivity contribution in [3.8, 4) is 10.6 Å². The SMILES string of the molecule is CNC(=O)OCc1nc(-c2ccccc2)sc1COC(=O)NC. The number of hydrogen-bond donors (Lipinski definition) is 2. The number of nitrogens with one attached hydrogen (secondary N) is 2. The molecule has 2 rings (SSSR count). The molecule has 23 heavy (non-hydrogen) atoms. The van der Waals surface area contributed by atoms with Crippen LogP contribution in [0.25, 0.3) is 10.6 Å². The standard InChI is InChI=1S/C15H17N3O4S/c1-16-14(19)21-8-11-12(9-22-15(20)17-2)23-13(18-11)10-6-4-3-5-7-10/h3-7H,8-9H2,1-2H3,(H,16,19)(H,17,20). The van der Waals surface area contributed by atoms with Crippen LogP contribution in [0.15, 0.2) is 30.3 Å². The first kappa shape index (κ1) is 16.8. The van der Waals surface area contributed by atoms with E-state index in [2.05, 4.69) is 15.6 Å². The van der Waals surface area contributed by atoms with Crippen LogP contribution in [0.4, 0.5) is 9.59 Å². The summed E-state index contributed by atoms with van der Waals surface area (Å²) in [7, 11) is 2.97. The van der Waals surface area contributed by atoms with Gasteiger partial charge in [-0.25, -0.2) is 14.6 Å². The Hall–Kier alpha value is -2.61. The Morgan fingerprint density at radius 3 is 2.26 bits per heavy atom. The molecule has 0 aliphatic heterocycles. The Morgan fingerprint density at radius 1 is 1.04 bits per heavy atom. The highest BCUT2D eigenvalue weighted by Crippen LogP contribution is 2.29. The molecule has 1 aromatic heterocycles. The van der Waals surface area contributed by atoms with Crippen LogP contribution in [0.3, 0.4) is 0 Å². The number of carbonyl (C=O) groups is 2. The van der Waals surface area contributed by atoms with Crippen molar-refractivity contribution < 1.29 is 19.1 Å². The molecule has 2 N–H and O–H groups in total. The Morgan fingerprint density at radius 2 is 1.65 bits per heavy atom. The van der Waals surface area contributed by atoms with Crippen LogP contribution in [-0.4, -0.2) is 31.3 Å². The van der Waals surface area contributed by atoms with Crippen molar-refractivity contribution in [2.45, 2.75) is 13.2 Å². The molecule has 0 fully saturated rings. The van der Waals surface area contributed by atoms with Crippen molar-refractivity contribution in [2.75, 3.05) is 14.1 Å². The molecule has 2 amide bonds. The summed E-state index contributed by atoms with van der Waals surface area (Å²) in [5, 5.41) is 5.53. The van der Waals surface area contributed by atoms with Gasteiger partial charge in [-0.1, -0.05) is 30.3 Å². The lowest BCUT2D eigenvalue weighted by Crippen LogP contribution is -2.20. The molecule has 0 bridgehead atoms. The van der Waals surface area contributed by atoms with Gasteiger partial charge in [0.25, 0.3) is 0 Å². The lowest BCUT2D eigenvalue weighted by molar-refractivity contribution is 0.134. The summed E-state index contributed by atoms with van der Waals surface area (Å²) >= 11 is 1.40. The summed E-state index contributed by atoms with van der Waals surface area (Å²) in [4.78, 5) is 27.7. The van der Waals surface area contributed by atoms with Crippen molar-refractivity contribution in [3.05, 3.63) is 40.9 Å². The highest BCUT2D eigenvalue weighted by atomic mass is 32.1. The van der Waals surface area contributed by atoms with Gasteiger partial charge in [0.2, 0.25) is 0 Å². The van der Waals surface area contributed by atoms with E-state index in [1.165, 1.54) is 25.4 Å². The quantitative estimate of drug-likeness (QED) is 0.876. The van der Waals surface area contributed by atoms with Crippen LogP contribution < -0.4 is 10.6 Å². The fourth-order valence-electron chi connectivity index (χ4n) is 1.72. The van der Waals surface area contributed by atoms with E-state index >= 15 is 0 Å². The summed E-state index contributed by atoms with van der Waals surface area (Å²) < 4.78 is 10.1. The van der Waals surface area contributed by atoms with Crippen LogP contribution in [0.2, 0.25) is 0 Å². The van der Waals surface area contributed by atoms with Crippen molar-refractivity contribution >= 4 is 23.5 Å². The molecule has 0 atom stereocenters. The van der Waals surface area contributed by atoms with Crippen LogP contribution in [0, 0.1) is 0 Å². The number of carbonyl (C=O) groups excluding carboxylic acids is 2. The highest BCUT2D eigenvalue weighted by Gasteiger charge is 2.15. The number of nitrogens with zero attached hydrogens (tertiary/aromatic N) is 1. The predicted molar refractivity (Wildman–Crippen MR) is 86.0 cm³/mol. The van der Waals surface area contributed by atoms with Gasteiger partial charge in [-0.05, 0) is 0 Å². The van der Waals surface area contributed by atoms with Crippen LogP contribution in [0.1, 0.15) is 10.6 Å². The minimum Gasteiger partial charge on any atom is -0.444 e. The second-order valence-corrected chi connectivity index (χ2v) is 5.49. The van der Waals surface area contributed by atoms with Gasteiger partial charge in [0, 0.05) is 19.7 Å². The minimum atomic E-state index is -0.544. The molecule has 8 heteroatoms. The molecule has 1 aromatic carbocycles. The van der Waals surface area contributed by atoms with Gasteiger partial charge in [-0.3, -0.25) is 0 Å². The monoisotopic (exact) mass is 335 g/mol. The van der Waals surface area contributed by atoms with E-state index in [-0.39, 0.29) is 13.2 Å². The molecule has 0 saturated heterocycles. The van der Waals surface area contributed by atoms with E-state index in [0.717, 1.165) is 15.4 Å². The van der Waals surface area contributed by atoms with Gasteiger partial charge in [0.15, 0.2) is 0 Å². The molecular weight excluding hydrogens is 318 g/mol. The summed E-state index contributed by atoms with van der Waals surface area (Å²) in [6.07, 6.45) is -1.07. The summed E-state index contributed by atoms with van der Waals surface area (Å²) in [5.74, 6) is 0. The van der Waals surface area contributed by atoms with E-state index < -0.39 is 12.2 Å². The number of alkyl carbamates (subject to hydrolysis) is 2. The smallest absolute Gasteiger partial charge is 0.407 e. The van der Waals surface area contributed by atoms with Gasteiger partial charge in [0.05, 0.1) is 10.6 Å². The van der Waals surface area contributed by atoms with Crippen LogP contribution >= 0.6 is 11.3 Å². The van der Waals surface area contributed by atoms with Gasteiger partial charge >= 0.3 is 12.2 Å². The number of rotatable bonds is 5. The number of hydrogen-bond acceptors (Lipinski definition) is 6. The number of benzene rings is 1. The van der Waals surface area contributed by atoms with E-state index in [4.69, 9.17) is 9.47 Å².